The van der Waals surface area contributed by atoms with Crippen molar-refractivity contribution in [1.29, 1.82) is 0 Å². The standard InChI is InChI=1S/C15H25FN2O/c1-17-9-4-5-10-18(2)11-8-13-12-14(16)6-7-15(13)19-3/h6-7,12,17H,4-5,8-11H2,1-3H3. The maximum atomic E-state index is 13.2. The van der Waals surface area contributed by atoms with E-state index in [0.717, 1.165) is 37.4 Å². The van der Waals surface area contributed by atoms with Gasteiger partial charge < -0.3 is 15.0 Å². The second kappa shape index (κ2) is 8.88. The Balaban J connectivity index is 2.36. The molecule has 0 aromatic heterocycles. The maximum Gasteiger partial charge on any atom is 0.123 e. The summed E-state index contributed by atoms with van der Waals surface area (Å²) >= 11 is 0. The molecule has 0 radical (unpaired) electrons. The van der Waals surface area contributed by atoms with Gasteiger partial charge in [-0.1, -0.05) is 0 Å². The molecule has 1 N–H and O–H groups in total. The Morgan fingerprint density at radius 3 is 2.74 bits per heavy atom. The summed E-state index contributed by atoms with van der Waals surface area (Å²) in [7, 11) is 5.70. The number of hydrogen-bond donors (Lipinski definition) is 1. The zero-order valence-corrected chi connectivity index (χ0v) is 12.2. The number of hydrogen-bond acceptors (Lipinski definition) is 3. The second-order valence-electron chi connectivity index (χ2n) is 4.82. The number of nitrogens with zero attached hydrogens (tertiary/aromatic N) is 1. The smallest absolute Gasteiger partial charge is 0.123 e. The molecular formula is C15H25FN2O. The normalized spacial score (nSPS) is 11.0. The predicted octanol–water partition coefficient (Wildman–Crippen LogP) is 2.31. The number of ether oxygens (including phenoxy) is 1. The van der Waals surface area contributed by atoms with E-state index in [1.807, 2.05) is 7.05 Å². The monoisotopic (exact) mass is 268 g/mol. The third-order valence-corrected chi connectivity index (χ3v) is 3.22. The van der Waals surface area contributed by atoms with Crippen LogP contribution in [-0.2, 0) is 6.42 Å². The van der Waals surface area contributed by atoms with Gasteiger partial charge in [0, 0.05) is 6.54 Å². The molecule has 0 bridgehead atoms. The number of halogens is 1. The highest BCUT2D eigenvalue weighted by atomic mass is 19.1. The molecule has 0 unspecified atom stereocenters. The fraction of sp³-hybridized carbons (Fsp3) is 0.600. The van der Waals surface area contributed by atoms with Crippen LogP contribution >= 0.6 is 0 Å². The lowest BCUT2D eigenvalue weighted by molar-refractivity contribution is 0.326. The van der Waals surface area contributed by atoms with Crippen molar-refractivity contribution in [3.63, 3.8) is 0 Å². The van der Waals surface area contributed by atoms with Gasteiger partial charge in [0.2, 0.25) is 0 Å². The lowest BCUT2D eigenvalue weighted by Crippen LogP contribution is -2.23. The van der Waals surface area contributed by atoms with E-state index in [1.165, 1.54) is 18.9 Å². The SMILES string of the molecule is CNCCCCN(C)CCc1cc(F)ccc1OC. The fourth-order valence-corrected chi connectivity index (χ4v) is 2.05. The number of rotatable bonds is 9. The largest absolute Gasteiger partial charge is 0.496 e. The van der Waals surface area contributed by atoms with E-state index in [-0.39, 0.29) is 5.82 Å². The molecule has 4 heteroatoms. The first-order chi connectivity index (χ1) is 9.17. The van der Waals surface area contributed by atoms with Gasteiger partial charge in [-0.15, -0.1) is 0 Å². The Morgan fingerprint density at radius 2 is 2.05 bits per heavy atom. The Morgan fingerprint density at radius 1 is 1.26 bits per heavy atom. The van der Waals surface area contributed by atoms with E-state index < -0.39 is 0 Å². The average Bonchev–Trinajstić information content (AvgIpc) is 2.41. The topological polar surface area (TPSA) is 24.5 Å². The lowest BCUT2D eigenvalue weighted by atomic mass is 10.1. The van der Waals surface area contributed by atoms with Crippen molar-refractivity contribution in [2.75, 3.05) is 40.8 Å². The van der Waals surface area contributed by atoms with Crippen LogP contribution in [0.4, 0.5) is 4.39 Å². The van der Waals surface area contributed by atoms with Gasteiger partial charge in [0.1, 0.15) is 11.6 Å². The molecule has 3 nitrogen and oxygen atoms in total. The first kappa shape index (κ1) is 15.9. The van der Waals surface area contributed by atoms with Gasteiger partial charge in [-0.05, 0) is 70.2 Å². The molecule has 0 saturated heterocycles. The van der Waals surface area contributed by atoms with Crippen molar-refractivity contribution >= 4 is 0 Å². The van der Waals surface area contributed by atoms with Gasteiger partial charge in [0.05, 0.1) is 7.11 Å². The van der Waals surface area contributed by atoms with Crippen LogP contribution in [0.25, 0.3) is 0 Å². The van der Waals surface area contributed by atoms with E-state index in [1.54, 1.807) is 19.2 Å². The summed E-state index contributed by atoms with van der Waals surface area (Å²) in [5.41, 5.74) is 0.935. The molecule has 1 aromatic rings. The summed E-state index contributed by atoms with van der Waals surface area (Å²) in [6, 6.07) is 4.69. The molecule has 0 fully saturated rings. The van der Waals surface area contributed by atoms with Gasteiger partial charge in [0.25, 0.3) is 0 Å². The molecule has 1 rings (SSSR count). The van der Waals surface area contributed by atoms with Crippen molar-refractivity contribution in [2.24, 2.45) is 0 Å². The number of benzene rings is 1. The van der Waals surface area contributed by atoms with Gasteiger partial charge in [-0.3, -0.25) is 0 Å². The van der Waals surface area contributed by atoms with Crippen molar-refractivity contribution in [2.45, 2.75) is 19.3 Å². The highest BCUT2D eigenvalue weighted by Gasteiger charge is 2.06. The summed E-state index contributed by atoms with van der Waals surface area (Å²) in [5.74, 6) is 0.567. The number of likely N-dealkylation sites (N-methyl/N-ethyl adjacent to an activating group) is 1. The molecular weight excluding hydrogens is 243 g/mol. The van der Waals surface area contributed by atoms with Crippen molar-refractivity contribution in [1.82, 2.24) is 10.2 Å². The molecule has 19 heavy (non-hydrogen) atoms. The minimum atomic E-state index is -0.201. The molecule has 1 aromatic carbocycles. The summed E-state index contributed by atoms with van der Waals surface area (Å²) in [4.78, 5) is 2.28. The zero-order chi connectivity index (χ0) is 14.1. The molecule has 0 aliphatic carbocycles. The van der Waals surface area contributed by atoms with Gasteiger partial charge in [0.15, 0.2) is 0 Å². The van der Waals surface area contributed by atoms with E-state index in [0.29, 0.717) is 0 Å². The molecule has 0 spiro atoms. The van der Waals surface area contributed by atoms with Crippen LogP contribution < -0.4 is 10.1 Å². The number of unbranched alkanes of at least 4 members (excludes halogenated alkanes) is 1. The van der Waals surface area contributed by atoms with E-state index in [2.05, 4.69) is 17.3 Å². The minimum Gasteiger partial charge on any atom is -0.496 e. The third-order valence-electron chi connectivity index (χ3n) is 3.22. The van der Waals surface area contributed by atoms with Crippen molar-refractivity contribution in [3.05, 3.63) is 29.6 Å². The molecule has 0 saturated carbocycles. The van der Waals surface area contributed by atoms with Crippen molar-refractivity contribution in [3.8, 4) is 5.75 Å². The Labute approximate surface area is 115 Å². The molecule has 0 aliphatic heterocycles. The van der Waals surface area contributed by atoms with E-state index >= 15 is 0 Å². The minimum absolute atomic E-state index is 0.201. The highest BCUT2D eigenvalue weighted by molar-refractivity contribution is 5.34. The van der Waals surface area contributed by atoms with Crippen molar-refractivity contribution < 1.29 is 9.13 Å². The van der Waals surface area contributed by atoms with Gasteiger partial charge >= 0.3 is 0 Å². The first-order valence-corrected chi connectivity index (χ1v) is 6.83. The summed E-state index contributed by atoms with van der Waals surface area (Å²) < 4.78 is 18.5. The number of methoxy groups -OCH3 is 1. The van der Waals surface area contributed by atoms with E-state index in [9.17, 15) is 4.39 Å². The fourth-order valence-electron chi connectivity index (χ4n) is 2.05. The molecule has 0 amide bonds. The number of nitrogens with one attached hydrogen (secondary N) is 1. The third kappa shape index (κ3) is 6.03. The molecule has 0 aliphatic rings. The van der Waals surface area contributed by atoms with Crippen LogP contribution in [0.2, 0.25) is 0 Å². The van der Waals surface area contributed by atoms with Crippen LogP contribution in [0.15, 0.2) is 18.2 Å². The Kier molecular flexibility index (Phi) is 7.45. The molecule has 0 atom stereocenters. The van der Waals surface area contributed by atoms with Crippen LogP contribution in [0.5, 0.6) is 5.75 Å². The molecule has 0 heterocycles. The van der Waals surface area contributed by atoms with Crippen LogP contribution in [0.1, 0.15) is 18.4 Å². The Bertz CT molecular complexity index is 371. The van der Waals surface area contributed by atoms with Gasteiger partial charge in [-0.2, -0.15) is 0 Å². The predicted molar refractivity (Wildman–Crippen MR) is 77.3 cm³/mol. The summed E-state index contributed by atoms with van der Waals surface area (Å²) in [6.07, 6.45) is 3.17. The zero-order valence-electron chi connectivity index (χ0n) is 12.2. The summed E-state index contributed by atoms with van der Waals surface area (Å²) in [5, 5.41) is 3.14. The van der Waals surface area contributed by atoms with Gasteiger partial charge in [-0.25, -0.2) is 4.39 Å². The second-order valence-corrected chi connectivity index (χ2v) is 4.82. The molecule has 108 valence electrons. The van der Waals surface area contributed by atoms with Crippen LogP contribution in [0, 0.1) is 5.82 Å². The Hall–Kier alpha value is -1.13. The van der Waals surface area contributed by atoms with E-state index in [4.69, 9.17) is 4.74 Å². The first-order valence-electron chi connectivity index (χ1n) is 6.83. The maximum absolute atomic E-state index is 13.2. The van der Waals surface area contributed by atoms with Crippen LogP contribution in [-0.4, -0.2) is 45.7 Å². The quantitative estimate of drug-likeness (QED) is 0.696. The average molecular weight is 268 g/mol. The lowest BCUT2D eigenvalue weighted by Gasteiger charge is -2.17. The van der Waals surface area contributed by atoms with Crippen LogP contribution in [0.3, 0.4) is 0 Å². The summed E-state index contributed by atoms with van der Waals surface area (Å²) in [6.45, 7) is 3.05. The highest BCUT2D eigenvalue weighted by Crippen LogP contribution is 2.19.